The number of anilines is 1. The predicted octanol–water partition coefficient (Wildman–Crippen LogP) is 2.53. The van der Waals surface area contributed by atoms with Gasteiger partial charge in [0.2, 0.25) is 0 Å². The van der Waals surface area contributed by atoms with Crippen LogP contribution in [0.3, 0.4) is 0 Å². The molecule has 4 nitrogen and oxygen atoms in total. The van der Waals surface area contributed by atoms with Gasteiger partial charge in [-0.15, -0.1) is 0 Å². The van der Waals surface area contributed by atoms with E-state index in [-0.39, 0.29) is 11.9 Å². The second-order valence-corrected chi connectivity index (χ2v) is 5.59. The Morgan fingerprint density at radius 1 is 1.53 bits per heavy atom. The van der Waals surface area contributed by atoms with Crippen molar-refractivity contribution in [3.63, 3.8) is 0 Å². The highest BCUT2D eigenvalue weighted by Gasteiger charge is 2.32. The summed E-state index contributed by atoms with van der Waals surface area (Å²) in [5.41, 5.74) is 7.55. The number of carbonyl (C=O) groups is 1. The van der Waals surface area contributed by atoms with Crippen molar-refractivity contribution in [3.8, 4) is 0 Å². The fourth-order valence-corrected chi connectivity index (χ4v) is 3.05. The Morgan fingerprint density at radius 3 is 2.89 bits per heavy atom. The number of amides is 1. The lowest BCUT2D eigenvalue weighted by Gasteiger charge is -2.21. The van der Waals surface area contributed by atoms with Gasteiger partial charge in [-0.2, -0.15) is 0 Å². The van der Waals surface area contributed by atoms with Crippen LogP contribution in [0.25, 0.3) is 0 Å². The normalized spacial score (nSPS) is 26.4. The lowest BCUT2D eigenvalue weighted by Crippen LogP contribution is -2.38. The predicted molar refractivity (Wildman–Crippen MR) is 76.8 cm³/mol. The monoisotopic (exact) mass is 261 g/mol. The maximum Gasteiger partial charge on any atom is 0.253 e. The molecule has 3 unspecified atom stereocenters. The fraction of sp³-hybridized carbons (Fsp3) is 0.600. The van der Waals surface area contributed by atoms with Crippen molar-refractivity contribution in [2.24, 2.45) is 11.8 Å². The number of pyridine rings is 1. The SMILES string of the molecule is CCC1CCC(NC(=O)c2cc(N)cnc2C)C1C. The maximum atomic E-state index is 12.3. The van der Waals surface area contributed by atoms with Gasteiger partial charge >= 0.3 is 0 Å². The number of nitrogens with zero attached hydrogens (tertiary/aromatic N) is 1. The van der Waals surface area contributed by atoms with Gasteiger partial charge in [0.1, 0.15) is 0 Å². The molecule has 1 aromatic rings. The topological polar surface area (TPSA) is 68.0 Å². The van der Waals surface area contributed by atoms with E-state index in [2.05, 4.69) is 24.1 Å². The van der Waals surface area contributed by atoms with Gasteiger partial charge in [0.25, 0.3) is 5.91 Å². The molecule has 0 aliphatic heterocycles. The van der Waals surface area contributed by atoms with Crippen LogP contribution in [0.5, 0.6) is 0 Å². The van der Waals surface area contributed by atoms with Crippen LogP contribution in [0.1, 0.15) is 49.2 Å². The Morgan fingerprint density at radius 2 is 2.26 bits per heavy atom. The van der Waals surface area contributed by atoms with E-state index < -0.39 is 0 Å². The summed E-state index contributed by atoms with van der Waals surface area (Å²) in [5.74, 6) is 1.22. The van der Waals surface area contributed by atoms with E-state index in [4.69, 9.17) is 5.73 Å². The molecule has 3 atom stereocenters. The van der Waals surface area contributed by atoms with Gasteiger partial charge in [-0.3, -0.25) is 9.78 Å². The van der Waals surface area contributed by atoms with Crippen molar-refractivity contribution in [2.45, 2.75) is 46.1 Å². The van der Waals surface area contributed by atoms with Crippen LogP contribution in [-0.2, 0) is 0 Å². The van der Waals surface area contributed by atoms with Crippen molar-refractivity contribution in [3.05, 3.63) is 23.5 Å². The fourth-order valence-electron chi connectivity index (χ4n) is 3.05. The molecule has 1 aliphatic carbocycles. The Balaban J connectivity index is 2.07. The molecule has 1 saturated carbocycles. The third kappa shape index (κ3) is 2.88. The van der Waals surface area contributed by atoms with Crippen molar-refractivity contribution in [2.75, 3.05) is 5.73 Å². The van der Waals surface area contributed by atoms with Crippen molar-refractivity contribution in [1.82, 2.24) is 10.3 Å². The van der Waals surface area contributed by atoms with Crippen molar-refractivity contribution >= 4 is 11.6 Å². The summed E-state index contributed by atoms with van der Waals surface area (Å²) in [6.45, 7) is 6.29. The molecule has 3 N–H and O–H groups in total. The van der Waals surface area contributed by atoms with E-state index in [1.165, 1.54) is 12.8 Å². The van der Waals surface area contributed by atoms with Gasteiger partial charge in [-0.1, -0.05) is 20.3 Å². The van der Waals surface area contributed by atoms with Gasteiger partial charge in [0.05, 0.1) is 23.1 Å². The first-order valence-corrected chi connectivity index (χ1v) is 7.06. The summed E-state index contributed by atoms with van der Waals surface area (Å²) in [6, 6.07) is 1.98. The first-order valence-electron chi connectivity index (χ1n) is 7.06. The first kappa shape index (κ1) is 13.8. The van der Waals surface area contributed by atoms with Crippen LogP contribution < -0.4 is 11.1 Å². The van der Waals surface area contributed by atoms with Gasteiger partial charge in [-0.25, -0.2) is 0 Å². The minimum atomic E-state index is -0.0501. The molecule has 4 heteroatoms. The molecular weight excluding hydrogens is 238 g/mol. The minimum absolute atomic E-state index is 0.0501. The van der Waals surface area contributed by atoms with E-state index in [1.807, 2.05) is 6.92 Å². The number of carbonyl (C=O) groups excluding carboxylic acids is 1. The summed E-state index contributed by atoms with van der Waals surface area (Å²) in [5, 5.41) is 3.14. The van der Waals surface area contributed by atoms with Crippen molar-refractivity contribution < 1.29 is 4.79 Å². The molecule has 0 saturated heterocycles. The van der Waals surface area contributed by atoms with Crippen LogP contribution in [-0.4, -0.2) is 16.9 Å². The highest BCUT2D eigenvalue weighted by molar-refractivity contribution is 5.96. The third-order valence-electron chi connectivity index (χ3n) is 4.42. The molecule has 1 aliphatic rings. The smallest absolute Gasteiger partial charge is 0.253 e. The summed E-state index contributed by atoms with van der Waals surface area (Å²) < 4.78 is 0. The molecular formula is C15H23N3O. The largest absolute Gasteiger partial charge is 0.397 e. The zero-order valence-corrected chi connectivity index (χ0v) is 11.9. The Kier molecular flexibility index (Phi) is 4.08. The number of nitrogen functional groups attached to an aromatic ring is 1. The number of nitrogens with one attached hydrogen (secondary N) is 1. The standard InChI is InChI=1S/C15H23N3O/c1-4-11-5-6-14(9(11)2)18-15(19)13-7-12(16)8-17-10(13)3/h7-9,11,14H,4-6,16H2,1-3H3,(H,18,19). The third-order valence-corrected chi connectivity index (χ3v) is 4.42. The molecule has 1 amide bonds. The van der Waals surface area contributed by atoms with Crippen molar-refractivity contribution in [1.29, 1.82) is 0 Å². The molecule has 0 bridgehead atoms. The molecule has 1 aromatic heterocycles. The quantitative estimate of drug-likeness (QED) is 0.878. The van der Waals surface area contributed by atoms with Crippen LogP contribution in [0, 0.1) is 18.8 Å². The summed E-state index contributed by atoms with van der Waals surface area (Å²) >= 11 is 0. The second-order valence-electron chi connectivity index (χ2n) is 5.59. The van der Waals surface area contributed by atoms with Crippen LogP contribution in [0.2, 0.25) is 0 Å². The van der Waals surface area contributed by atoms with E-state index in [0.717, 1.165) is 18.0 Å². The molecule has 0 spiro atoms. The summed E-state index contributed by atoms with van der Waals surface area (Å²) in [4.78, 5) is 16.4. The average Bonchev–Trinajstić information content (AvgIpc) is 2.73. The molecule has 19 heavy (non-hydrogen) atoms. The Hall–Kier alpha value is -1.58. The van der Waals surface area contributed by atoms with E-state index >= 15 is 0 Å². The highest BCUT2D eigenvalue weighted by Crippen LogP contribution is 2.34. The lowest BCUT2D eigenvalue weighted by atomic mass is 9.93. The maximum absolute atomic E-state index is 12.3. The number of nitrogens with two attached hydrogens (primary N) is 1. The zero-order valence-electron chi connectivity index (χ0n) is 11.9. The van der Waals surface area contributed by atoms with Gasteiger partial charge < -0.3 is 11.1 Å². The second kappa shape index (κ2) is 5.59. The number of hydrogen-bond acceptors (Lipinski definition) is 3. The average molecular weight is 261 g/mol. The number of aromatic nitrogens is 1. The molecule has 1 heterocycles. The van der Waals surface area contributed by atoms with Crippen LogP contribution in [0.4, 0.5) is 5.69 Å². The highest BCUT2D eigenvalue weighted by atomic mass is 16.1. The minimum Gasteiger partial charge on any atom is -0.397 e. The van der Waals surface area contributed by atoms with E-state index in [1.54, 1.807) is 12.3 Å². The molecule has 0 aromatic carbocycles. The summed E-state index contributed by atoms with van der Waals surface area (Å²) in [6.07, 6.45) is 5.04. The zero-order chi connectivity index (χ0) is 14.0. The number of aryl methyl sites for hydroxylation is 1. The van der Waals surface area contributed by atoms with Gasteiger partial charge in [-0.05, 0) is 37.7 Å². The molecule has 2 rings (SSSR count). The van der Waals surface area contributed by atoms with E-state index in [9.17, 15) is 4.79 Å². The van der Waals surface area contributed by atoms with E-state index in [0.29, 0.717) is 17.2 Å². The van der Waals surface area contributed by atoms with Crippen LogP contribution >= 0.6 is 0 Å². The number of hydrogen-bond donors (Lipinski definition) is 2. The van der Waals surface area contributed by atoms with Gasteiger partial charge in [0, 0.05) is 6.04 Å². The molecule has 0 radical (unpaired) electrons. The molecule has 104 valence electrons. The lowest BCUT2D eigenvalue weighted by molar-refractivity contribution is 0.0925. The summed E-state index contributed by atoms with van der Waals surface area (Å²) in [7, 11) is 0. The molecule has 1 fully saturated rings. The van der Waals surface area contributed by atoms with Crippen LogP contribution in [0.15, 0.2) is 12.3 Å². The van der Waals surface area contributed by atoms with Gasteiger partial charge in [0.15, 0.2) is 0 Å². The number of rotatable bonds is 3. The Bertz CT molecular complexity index is 472. The Labute approximate surface area is 114 Å². The first-order chi connectivity index (χ1) is 9.02.